The van der Waals surface area contributed by atoms with Crippen molar-refractivity contribution in [1.29, 1.82) is 0 Å². The molecular formula is C21H24N4O. The van der Waals surface area contributed by atoms with Crippen molar-refractivity contribution >= 4 is 16.7 Å². The zero-order valence-corrected chi connectivity index (χ0v) is 15.0. The van der Waals surface area contributed by atoms with Gasteiger partial charge in [-0.05, 0) is 36.6 Å². The lowest BCUT2D eigenvalue weighted by Crippen LogP contribution is -2.39. The molecular weight excluding hydrogens is 324 g/mol. The first-order valence-electron chi connectivity index (χ1n) is 9.11. The van der Waals surface area contributed by atoms with Gasteiger partial charge in [0.25, 0.3) is 0 Å². The number of benzene rings is 2. The molecule has 2 N–H and O–H groups in total. The number of nitrogens with zero attached hydrogens (tertiary/aromatic N) is 3. The minimum atomic E-state index is -0.449. The Labute approximate surface area is 153 Å². The van der Waals surface area contributed by atoms with Crippen molar-refractivity contribution in [1.82, 2.24) is 14.9 Å². The summed E-state index contributed by atoms with van der Waals surface area (Å²) in [6.07, 6.45) is 2.16. The third-order valence-electron chi connectivity index (χ3n) is 4.97. The lowest BCUT2D eigenvalue weighted by atomic mass is 10.00. The summed E-state index contributed by atoms with van der Waals surface area (Å²) in [7, 11) is 0. The standard InChI is InChI=1S/C21H24N4O/c1-15-6-7-20-19(10-15)21(24-14-23-20)22-11-18(26)13-25-9-8-16-4-2-3-5-17(16)12-25/h2-7,10,14,18,26H,8-9,11-13H2,1H3,(H,22,23,24). The van der Waals surface area contributed by atoms with Crippen LogP contribution in [-0.4, -0.2) is 45.7 Å². The van der Waals surface area contributed by atoms with Crippen LogP contribution in [0, 0.1) is 6.92 Å². The van der Waals surface area contributed by atoms with Gasteiger partial charge in [0.15, 0.2) is 0 Å². The summed E-state index contributed by atoms with van der Waals surface area (Å²) < 4.78 is 0. The van der Waals surface area contributed by atoms with Crippen molar-refractivity contribution in [3.8, 4) is 0 Å². The van der Waals surface area contributed by atoms with E-state index >= 15 is 0 Å². The van der Waals surface area contributed by atoms with Crippen LogP contribution in [0.3, 0.4) is 0 Å². The summed E-state index contributed by atoms with van der Waals surface area (Å²) in [6, 6.07) is 14.7. The Morgan fingerprint density at radius 1 is 1.15 bits per heavy atom. The first-order valence-corrected chi connectivity index (χ1v) is 9.11. The lowest BCUT2D eigenvalue weighted by Gasteiger charge is -2.30. The van der Waals surface area contributed by atoms with Crippen LogP contribution in [0.4, 0.5) is 5.82 Å². The molecule has 0 bridgehead atoms. The minimum Gasteiger partial charge on any atom is -0.390 e. The molecule has 0 saturated carbocycles. The number of rotatable bonds is 5. The fourth-order valence-electron chi connectivity index (χ4n) is 3.60. The highest BCUT2D eigenvalue weighted by Gasteiger charge is 2.18. The maximum atomic E-state index is 10.5. The molecule has 0 aliphatic carbocycles. The fraction of sp³-hybridized carbons (Fsp3) is 0.333. The number of anilines is 1. The van der Waals surface area contributed by atoms with Gasteiger partial charge >= 0.3 is 0 Å². The van der Waals surface area contributed by atoms with Crippen molar-refractivity contribution in [3.05, 3.63) is 65.5 Å². The SMILES string of the molecule is Cc1ccc2ncnc(NCC(O)CN3CCc4ccccc4C3)c2c1. The molecule has 0 spiro atoms. The van der Waals surface area contributed by atoms with Crippen LogP contribution >= 0.6 is 0 Å². The number of aliphatic hydroxyl groups is 1. The van der Waals surface area contributed by atoms with E-state index in [2.05, 4.69) is 57.4 Å². The van der Waals surface area contributed by atoms with Crippen LogP contribution in [0.5, 0.6) is 0 Å². The average Bonchev–Trinajstić information content (AvgIpc) is 2.66. The number of hydrogen-bond acceptors (Lipinski definition) is 5. The number of aliphatic hydroxyl groups excluding tert-OH is 1. The van der Waals surface area contributed by atoms with Gasteiger partial charge in [0.2, 0.25) is 0 Å². The van der Waals surface area contributed by atoms with Crippen molar-refractivity contribution in [2.45, 2.75) is 26.0 Å². The van der Waals surface area contributed by atoms with Crippen LogP contribution < -0.4 is 5.32 Å². The lowest BCUT2D eigenvalue weighted by molar-refractivity contribution is 0.114. The Morgan fingerprint density at radius 2 is 2.00 bits per heavy atom. The van der Waals surface area contributed by atoms with Gasteiger partial charge in [0.1, 0.15) is 12.1 Å². The smallest absolute Gasteiger partial charge is 0.137 e. The number of hydrogen-bond donors (Lipinski definition) is 2. The molecule has 26 heavy (non-hydrogen) atoms. The quantitative estimate of drug-likeness (QED) is 0.742. The van der Waals surface area contributed by atoms with Gasteiger partial charge in [0.05, 0.1) is 11.6 Å². The zero-order valence-electron chi connectivity index (χ0n) is 15.0. The summed E-state index contributed by atoms with van der Waals surface area (Å²) in [5.74, 6) is 0.779. The molecule has 1 aliphatic rings. The third-order valence-corrected chi connectivity index (χ3v) is 4.97. The second-order valence-corrected chi connectivity index (χ2v) is 7.03. The average molecular weight is 348 g/mol. The molecule has 4 rings (SSSR count). The predicted octanol–water partition coefficient (Wildman–Crippen LogP) is 2.77. The van der Waals surface area contributed by atoms with E-state index in [4.69, 9.17) is 0 Å². The molecule has 1 aromatic heterocycles. The van der Waals surface area contributed by atoms with E-state index in [1.165, 1.54) is 16.7 Å². The molecule has 0 amide bonds. The zero-order chi connectivity index (χ0) is 17.9. The molecule has 2 aromatic carbocycles. The van der Waals surface area contributed by atoms with E-state index in [-0.39, 0.29) is 0 Å². The summed E-state index contributed by atoms with van der Waals surface area (Å²) in [6.45, 7) is 5.08. The van der Waals surface area contributed by atoms with Crippen molar-refractivity contribution in [2.75, 3.05) is 25.0 Å². The topological polar surface area (TPSA) is 61.3 Å². The van der Waals surface area contributed by atoms with Crippen LogP contribution in [0.25, 0.3) is 10.9 Å². The molecule has 0 fully saturated rings. The fourth-order valence-corrected chi connectivity index (χ4v) is 3.60. The van der Waals surface area contributed by atoms with Gasteiger partial charge in [0, 0.05) is 31.6 Å². The van der Waals surface area contributed by atoms with Crippen LogP contribution in [0.15, 0.2) is 48.8 Å². The second kappa shape index (κ2) is 7.40. The number of aromatic nitrogens is 2. The van der Waals surface area contributed by atoms with Crippen LogP contribution in [0.2, 0.25) is 0 Å². The molecule has 1 atom stereocenters. The van der Waals surface area contributed by atoms with Crippen LogP contribution in [-0.2, 0) is 13.0 Å². The minimum absolute atomic E-state index is 0.449. The molecule has 0 saturated heterocycles. The van der Waals surface area contributed by atoms with Crippen LogP contribution in [0.1, 0.15) is 16.7 Å². The summed E-state index contributed by atoms with van der Waals surface area (Å²) in [4.78, 5) is 11.0. The van der Waals surface area contributed by atoms with Crippen molar-refractivity contribution < 1.29 is 5.11 Å². The maximum absolute atomic E-state index is 10.5. The summed E-state index contributed by atoms with van der Waals surface area (Å²) in [5, 5.41) is 14.8. The number of nitrogens with one attached hydrogen (secondary N) is 1. The van der Waals surface area contributed by atoms with E-state index < -0.39 is 6.10 Å². The first kappa shape index (κ1) is 16.9. The van der Waals surface area contributed by atoms with E-state index in [1.54, 1.807) is 6.33 Å². The molecule has 0 radical (unpaired) electrons. The second-order valence-electron chi connectivity index (χ2n) is 7.03. The highest BCUT2D eigenvalue weighted by molar-refractivity contribution is 5.89. The first-order chi connectivity index (χ1) is 12.7. The number of β-amino-alcohol motifs (C(OH)–C–C–N with tert-alkyl or cyclic N) is 1. The Balaban J connectivity index is 1.38. The summed E-state index contributed by atoms with van der Waals surface area (Å²) >= 11 is 0. The van der Waals surface area contributed by atoms with Gasteiger partial charge in [-0.2, -0.15) is 0 Å². The van der Waals surface area contributed by atoms with Gasteiger partial charge in [-0.25, -0.2) is 9.97 Å². The normalized spacial score (nSPS) is 15.6. The van der Waals surface area contributed by atoms with Crippen molar-refractivity contribution in [2.24, 2.45) is 0 Å². The van der Waals surface area contributed by atoms with Gasteiger partial charge in [-0.1, -0.05) is 35.9 Å². The van der Waals surface area contributed by atoms with Gasteiger partial charge in [-0.3, -0.25) is 4.90 Å². The number of fused-ring (bicyclic) bond motifs is 2. The molecule has 5 nitrogen and oxygen atoms in total. The Morgan fingerprint density at radius 3 is 2.88 bits per heavy atom. The monoisotopic (exact) mass is 348 g/mol. The highest BCUT2D eigenvalue weighted by atomic mass is 16.3. The van der Waals surface area contributed by atoms with Gasteiger partial charge < -0.3 is 10.4 Å². The van der Waals surface area contributed by atoms with E-state index in [0.29, 0.717) is 13.1 Å². The largest absolute Gasteiger partial charge is 0.390 e. The summed E-state index contributed by atoms with van der Waals surface area (Å²) in [5.41, 5.74) is 4.88. The van der Waals surface area contributed by atoms with Gasteiger partial charge in [-0.15, -0.1) is 0 Å². The number of aryl methyl sites for hydroxylation is 1. The third kappa shape index (κ3) is 3.69. The van der Waals surface area contributed by atoms with E-state index in [0.717, 1.165) is 36.2 Å². The maximum Gasteiger partial charge on any atom is 0.137 e. The van der Waals surface area contributed by atoms with E-state index in [9.17, 15) is 5.11 Å². The van der Waals surface area contributed by atoms with E-state index in [1.807, 2.05) is 12.1 Å². The molecule has 1 unspecified atom stereocenters. The Hall–Kier alpha value is -2.50. The molecule has 134 valence electrons. The molecule has 1 aliphatic heterocycles. The molecule has 2 heterocycles. The predicted molar refractivity (Wildman–Crippen MR) is 104 cm³/mol. The Bertz CT molecular complexity index is 911. The Kier molecular flexibility index (Phi) is 4.82. The van der Waals surface area contributed by atoms with Crippen molar-refractivity contribution in [3.63, 3.8) is 0 Å². The molecule has 3 aromatic rings. The highest BCUT2D eigenvalue weighted by Crippen LogP contribution is 2.21. The molecule has 5 heteroatoms.